The highest BCUT2D eigenvalue weighted by Gasteiger charge is 2.33. The molecule has 0 aliphatic carbocycles. The molecule has 2 aliphatic rings. The third-order valence-electron chi connectivity index (χ3n) is 6.36. The number of rotatable bonds is 4. The van der Waals surface area contributed by atoms with Gasteiger partial charge in [0.2, 0.25) is 0 Å². The lowest BCUT2D eigenvalue weighted by Crippen LogP contribution is -2.42. The van der Waals surface area contributed by atoms with Crippen LogP contribution in [0.1, 0.15) is 92.2 Å². The minimum Gasteiger partial charge on any atom is -0.327 e. The van der Waals surface area contributed by atoms with Crippen LogP contribution in [0.4, 0.5) is 0 Å². The van der Waals surface area contributed by atoms with Crippen molar-refractivity contribution in [2.45, 2.75) is 77.9 Å². The molecule has 1 fully saturated rings. The highest BCUT2D eigenvalue weighted by Crippen LogP contribution is 2.31. The molecule has 1 amide bonds. The maximum absolute atomic E-state index is 13.2. The molecule has 162 valence electrons. The summed E-state index contributed by atoms with van der Waals surface area (Å²) in [5, 5.41) is 7.21. The fourth-order valence-electron chi connectivity index (χ4n) is 4.41. The van der Waals surface area contributed by atoms with Gasteiger partial charge in [-0.25, -0.2) is 4.98 Å². The molecule has 8 heteroatoms. The largest absolute Gasteiger partial charge is 0.327 e. The van der Waals surface area contributed by atoms with E-state index in [0.717, 1.165) is 49.2 Å². The molecule has 2 aromatic rings. The summed E-state index contributed by atoms with van der Waals surface area (Å²) in [6.45, 7) is 10.6. The van der Waals surface area contributed by atoms with Crippen molar-refractivity contribution in [1.82, 2.24) is 30.0 Å². The maximum Gasteiger partial charge on any atom is 0.274 e. The van der Waals surface area contributed by atoms with Crippen molar-refractivity contribution in [3.05, 3.63) is 44.9 Å². The molecule has 0 radical (unpaired) electrons. The Balaban J connectivity index is 1.62. The van der Waals surface area contributed by atoms with Gasteiger partial charge in [-0.3, -0.25) is 19.6 Å². The number of hydrogen-bond donors (Lipinski definition) is 2. The third-order valence-corrected chi connectivity index (χ3v) is 6.36. The predicted molar refractivity (Wildman–Crippen MR) is 114 cm³/mol. The van der Waals surface area contributed by atoms with Gasteiger partial charge in [0.1, 0.15) is 11.5 Å². The standard InChI is InChI=1S/C22H32N6O2/c1-13(2)17-11-18(26-25-17)22(30)28-9-6-5-7-19(28)20-23-16-8-10-27(14(3)4)12-15(16)21(29)24-20/h11,13-14,19H,5-10,12H2,1-4H3,(H,25,26)(H,23,24,29)/t19-/m0/s1. The molecule has 2 N–H and O–H groups in total. The third kappa shape index (κ3) is 3.93. The quantitative estimate of drug-likeness (QED) is 0.805. The Labute approximate surface area is 177 Å². The number of H-pyrrole nitrogens is 2. The SMILES string of the molecule is CC(C)c1cc(C(=O)N2CCCC[C@H]2c2nc3c(c(=O)[nH]2)CN(C(C)C)CC3)n[nH]1. The van der Waals surface area contributed by atoms with Crippen LogP contribution in [0.25, 0.3) is 0 Å². The number of aromatic amines is 2. The number of nitrogens with one attached hydrogen (secondary N) is 2. The zero-order chi connectivity index (χ0) is 21.4. The molecular formula is C22H32N6O2. The van der Waals surface area contributed by atoms with Crippen molar-refractivity contribution in [3.63, 3.8) is 0 Å². The number of nitrogens with zero attached hydrogens (tertiary/aromatic N) is 4. The zero-order valence-corrected chi connectivity index (χ0v) is 18.4. The van der Waals surface area contributed by atoms with Crippen LogP contribution in [0.3, 0.4) is 0 Å². The van der Waals surface area contributed by atoms with Gasteiger partial charge in [0, 0.05) is 37.8 Å². The van der Waals surface area contributed by atoms with Crippen LogP contribution in [0.2, 0.25) is 0 Å². The summed E-state index contributed by atoms with van der Waals surface area (Å²) in [4.78, 5) is 38.1. The number of aromatic nitrogens is 4. The van der Waals surface area contributed by atoms with Crippen molar-refractivity contribution in [2.24, 2.45) is 0 Å². The maximum atomic E-state index is 13.2. The Bertz CT molecular complexity index is 976. The summed E-state index contributed by atoms with van der Waals surface area (Å²) in [5.41, 5.74) is 2.95. The van der Waals surface area contributed by atoms with Gasteiger partial charge in [0.05, 0.1) is 17.3 Å². The van der Waals surface area contributed by atoms with Gasteiger partial charge in [-0.15, -0.1) is 0 Å². The van der Waals surface area contributed by atoms with Crippen molar-refractivity contribution in [3.8, 4) is 0 Å². The molecule has 0 spiro atoms. The first-order valence-corrected chi connectivity index (χ1v) is 11.1. The highest BCUT2D eigenvalue weighted by molar-refractivity contribution is 5.92. The second-order valence-electron chi connectivity index (χ2n) is 9.06. The van der Waals surface area contributed by atoms with Gasteiger partial charge < -0.3 is 9.88 Å². The molecule has 4 heterocycles. The summed E-state index contributed by atoms with van der Waals surface area (Å²) in [7, 11) is 0. The molecule has 0 aromatic carbocycles. The number of fused-ring (bicyclic) bond motifs is 1. The molecule has 0 bridgehead atoms. The average Bonchev–Trinajstić information content (AvgIpc) is 3.23. The summed E-state index contributed by atoms with van der Waals surface area (Å²) in [6, 6.07) is 2.02. The Hall–Kier alpha value is -2.48. The molecule has 1 saturated heterocycles. The van der Waals surface area contributed by atoms with E-state index in [1.165, 1.54) is 0 Å². The van der Waals surface area contributed by atoms with Crippen LogP contribution in [0.5, 0.6) is 0 Å². The van der Waals surface area contributed by atoms with Crippen LogP contribution in [0.15, 0.2) is 10.9 Å². The van der Waals surface area contributed by atoms with Crippen LogP contribution in [0, 0.1) is 0 Å². The Kier molecular flexibility index (Phi) is 5.77. The Morgan fingerprint density at radius 1 is 1.20 bits per heavy atom. The number of carbonyl (C=O) groups is 1. The minimum absolute atomic E-state index is 0.0693. The van der Waals surface area contributed by atoms with Crippen molar-refractivity contribution >= 4 is 5.91 Å². The summed E-state index contributed by atoms with van der Waals surface area (Å²) >= 11 is 0. The van der Waals surface area contributed by atoms with E-state index in [1.807, 2.05) is 11.0 Å². The van der Waals surface area contributed by atoms with Crippen molar-refractivity contribution in [2.75, 3.05) is 13.1 Å². The van der Waals surface area contributed by atoms with E-state index in [9.17, 15) is 9.59 Å². The molecule has 30 heavy (non-hydrogen) atoms. The Morgan fingerprint density at radius 2 is 2.00 bits per heavy atom. The number of amides is 1. The van der Waals surface area contributed by atoms with E-state index < -0.39 is 0 Å². The lowest BCUT2D eigenvalue weighted by Gasteiger charge is -2.35. The molecular weight excluding hydrogens is 380 g/mol. The second kappa shape index (κ2) is 8.34. The van der Waals surface area contributed by atoms with Crippen molar-refractivity contribution in [1.29, 1.82) is 0 Å². The second-order valence-corrected chi connectivity index (χ2v) is 9.06. The molecule has 4 rings (SSSR count). The predicted octanol–water partition coefficient (Wildman–Crippen LogP) is 2.75. The van der Waals surface area contributed by atoms with Crippen LogP contribution in [-0.4, -0.2) is 55.0 Å². The van der Waals surface area contributed by atoms with Gasteiger partial charge in [0.25, 0.3) is 11.5 Å². The molecule has 0 saturated carbocycles. The fourth-order valence-corrected chi connectivity index (χ4v) is 4.41. The van der Waals surface area contributed by atoms with E-state index in [-0.39, 0.29) is 23.4 Å². The molecule has 8 nitrogen and oxygen atoms in total. The molecule has 2 aromatic heterocycles. The Morgan fingerprint density at radius 3 is 2.70 bits per heavy atom. The fraction of sp³-hybridized carbons (Fsp3) is 0.636. The van der Waals surface area contributed by atoms with Crippen LogP contribution >= 0.6 is 0 Å². The van der Waals surface area contributed by atoms with E-state index >= 15 is 0 Å². The average molecular weight is 413 g/mol. The molecule has 1 atom stereocenters. The molecule has 2 aliphatic heterocycles. The van der Waals surface area contributed by atoms with Gasteiger partial charge in [0.15, 0.2) is 0 Å². The van der Waals surface area contributed by atoms with E-state index in [2.05, 4.69) is 47.8 Å². The number of hydrogen-bond acceptors (Lipinski definition) is 5. The highest BCUT2D eigenvalue weighted by atomic mass is 16.2. The monoisotopic (exact) mass is 412 g/mol. The van der Waals surface area contributed by atoms with E-state index in [0.29, 0.717) is 30.6 Å². The number of carbonyl (C=O) groups excluding carboxylic acids is 1. The van der Waals surface area contributed by atoms with Crippen molar-refractivity contribution < 1.29 is 4.79 Å². The van der Waals surface area contributed by atoms with Crippen LogP contribution < -0.4 is 5.56 Å². The number of piperidine rings is 1. The van der Waals surface area contributed by atoms with Gasteiger partial charge >= 0.3 is 0 Å². The van der Waals surface area contributed by atoms with Gasteiger partial charge in [-0.2, -0.15) is 5.10 Å². The van der Waals surface area contributed by atoms with E-state index in [4.69, 9.17) is 4.98 Å². The molecule has 0 unspecified atom stereocenters. The van der Waals surface area contributed by atoms with E-state index in [1.54, 1.807) is 0 Å². The topological polar surface area (TPSA) is 98.0 Å². The van der Waals surface area contributed by atoms with Gasteiger partial charge in [-0.1, -0.05) is 13.8 Å². The normalized spacial score (nSPS) is 20.1. The first-order valence-electron chi connectivity index (χ1n) is 11.1. The zero-order valence-electron chi connectivity index (χ0n) is 18.4. The van der Waals surface area contributed by atoms with Gasteiger partial charge in [-0.05, 0) is 45.1 Å². The smallest absolute Gasteiger partial charge is 0.274 e. The summed E-state index contributed by atoms with van der Waals surface area (Å²) in [6.07, 6.45) is 3.52. The number of likely N-dealkylation sites (tertiary alicyclic amines) is 1. The lowest BCUT2D eigenvalue weighted by atomic mass is 9.99. The first-order chi connectivity index (χ1) is 14.3. The van der Waals surface area contributed by atoms with Crippen LogP contribution in [-0.2, 0) is 13.0 Å². The summed E-state index contributed by atoms with van der Waals surface area (Å²) < 4.78 is 0. The summed E-state index contributed by atoms with van der Waals surface area (Å²) in [5.74, 6) is 0.791. The first kappa shape index (κ1) is 20.8. The lowest BCUT2D eigenvalue weighted by molar-refractivity contribution is 0.0592. The minimum atomic E-state index is -0.216.